The summed E-state index contributed by atoms with van der Waals surface area (Å²) in [6, 6.07) is 18.4. The van der Waals surface area contributed by atoms with E-state index in [1.807, 2.05) is 36.4 Å². The second-order valence-electron chi connectivity index (χ2n) is 8.86. The van der Waals surface area contributed by atoms with Gasteiger partial charge in [-0.15, -0.1) is 0 Å². The molecule has 1 saturated heterocycles. The van der Waals surface area contributed by atoms with Gasteiger partial charge in [-0.25, -0.2) is 0 Å². The van der Waals surface area contributed by atoms with Gasteiger partial charge in [-0.1, -0.05) is 36.4 Å². The van der Waals surface area contributed by atoms with Crippen molar-refractivity contribution in [3.05, 3.63) is 54.6 Å². The van der Waals surface area contributed by atoms with E-state index in [1.165, 1.54) is 0 Å². The Morgan fingerprint density at radius 2 is 1.28 bits per heavy atom. The molecule has 1 aliphatic heterocycles. The van der Waals surface area contributed by atoms with Crippen molar-refractivity contribution in [3.63, 3.8) is 0 Å². The SMILES string of the molecule is CC1(C)OB(c2cccc3c2oc2cc4oc5ccccc5c4cc23)OC1(C)C. The molecule has 1 aliphatic rings. The maximum atomic E-state index is 6.32. The van der Waals surface area contributed by atoms with Gasteiger partial charge in [0.2, 0.25) is 0 Å². The van der Waals surface area contributed by atoms with Crippen molar-refractivity contribution in [3.8, 4) is 0 Å². The van der Waals surface area contributed by atoms with Crippen LogP contribution in [0.1, 0.15) is 27.7 Å². The maximum absolute atomic E-state index is 6.32. The van der Waals surface area contributed by atoms with Gasteiger partial charge in [0.25, 0.3) is 0 Å². The predicted molar refractivity (Wildman–Crippen MR) is 117 cm³/mol. The second kappa shape index (κ2) is 5.44. The van der Waals surface area contributed by atoms with Crippen molar-refractivity contribution in [2.75, 3.05) is 0 Å². The summed E-state index contributed by atoms with van der Waals surface area (Å²) in [5.74, 6) is 0. The highest BCUT2D eigenvalue weighted by atomic mass is 16.7. The first-order valence-corrected chi connectivity index (χ1v) is 9.96. The Balaban J connectivity index is 1.59. The summed E-state index contributed by atoms with van der Waals surface area (Å²) < 4.78 is 24.9. The van der Waals surface area contributed by atoms with Gasteiger partial charge in [-0.05, 0) is 39.8 Å². The molecule has 0 atom stereocenters. The van der Waals surface area contributed by atoms with Crippen molar-refractivity contribution >= 4 is 56.5 Å². The average molecular weight is 384 g/mol. The minimum absolute atomic E-state index is 0.398. The molecular formula is C24H21BO4. The van der Waals surface area contributed by atoms with E-state index in [-0.39, 0.29) is 0 Å². The molecular weight excluding hydrogens is 363 g/mol. The second-order valence-corrected chi connectivity index (χ2v) is 8.86. The predicted octanol–water partition coefficient (Wildman–Crippen LogP) is 5.78. The number of benzene rings is 3. The summed E-state index contributed by atoms with van der Waals surface area (Å²) in [4.78, 5) is 0. The van der Waals surface area contributed by atoms with Gasteiger partial charge in [0.15, 0.2) is 0 Å². The van der Waals surface area contributed by atoms with E-state index in [4.69, 9.17) is 18.1 Å². The maximum Gasteiger partial charge on any atom is 0.498 e. The molecule has 0 spiro atoms. The van der Waals surface area contributed by atoms with Gasteiger partial charge in [-0.2, -0.15) is 0 Å². The minimum atomic E-state index is -0.465. The van der Waals surface area contributed by atoms with Crippen LogP contribution in [0.4, 0.5) is 0 Å². The summed E-state index contributed by atoms with van der Waals surface area (Å²) in [7, 11) is -0.465. The number of hydrogen-bond donors (Lipinski definition) is 0. The van der Waals surface area contributed by atoms with Crippen LogP contribution in [0, 0.1) is 0 Å². The van der Waals surface area contributed by atoms with E-state index in [0.29, 0.717) is 0 Å². The fraction of sp³-hybridized carbons (Fsp3) is 0.250. The Hall–Kier alpha value is -2.76. The van der Waals surface area contributed by atoms with Crippen LogP contribution in [0.25, 0.3) is 43.9 Å². The van der Waals surface area contributed by atoms with Crippen LogP contribution in [0.15, 0.2) is 63.4 Å². The fourth-order valence-corrected chi connectivity index (χ4v) is 4.19. The van der Waals surface area contributed by atoms with Crippen molar-refractivity contribution in [2.45, 2.75) is 38.9 Å². The first-order chi connectivity index (χ1) is 13.8. The molecule has 0 unspecified atom stereocenters. The Bertz CT molecular complexity index is 1410. The molecule has 6 rings (SSSR count). The van der Waals surface area contributed by atoms with Crippen molar-refractivity contribution in [1.82, 2.24) is 0 Å². The van der Waals surface area contributed by atoms with Gasteiger partial charge in [-0.3, -0.25) is 0 Å². The first-order valence-electron chi connectivity index (χ1n) is 9.96. The third-order valence-corrected chi connectivity index (χ3v) is 6.53. The summed E-state index contributed by atoms with van der Waals surface area (Å²) in [5.41, 5.74) is 3.44. The molecule has 0 aliphatic carbocycles. The molecule has 4 nitrogen and oxygen atoms in total. The summed E-state index contributed by atoms with van der Waals surface area (Å²) in [6.07, 6.45) is 0. The lowest BCUT2D eigenvalue weighted by Crippen LogP contribution is -2.41. The van der Waals surface area contributed by atoms with E-state index in [1.54, 1.807) is 0 Å². The molecule has 5 heteroatoms. The van der Waals surface area contributed by atoms with Crippen molar-refractivity contribution in [1.29, 1.82) is 0 Å². The van der Waals surface area contributed by atoms with Crippen molar-refractivity contribution < 1.29 is 18.1 Å². The molecule has 0 radical (unpaired) electrons. The Morgan fingerprint density at radius 3 is 2.07 bits per heavy atom. The normalized spacial score (nSPS) is 18.6. The lowest BCUT2D eigenvalue weighted by molar-refractivity contribution is 0.00578. The van der Waals surface area contributed by atoms with Crippen LogP contribution in [0.3, 0.4) is 0 Å². The summed E-state index contributed by atoms with van der Waals surface area (Å²) in [5, 5.41) is 4.33. The zero-order chi connectivity index (χ0) is 20.0. The zero-order valence-corrected chi connectivity index (χ0v) is 16.9. The van der Waals surface area contributed by atoms with Gasteiger partial charge in [0.05, 0.1) is 11.2 Å². The molecule has 5 aromatic rings. The van der Waals surface area contributed by atoms with Crippen LogP contribution in [0.2, 0.25) is 0 Å². The molecule has 2 aromatic heterocycles. The molecule has 0 saturated carbocycles. The molecule has 3 aromatic carbocycles. The number of rotatable bonds is 1. The number of furan rings is 2. The van der Waals surface area contributed by atoms with Gasteiger partial charge in [0.1, 0.15) is 22.3 Å². The quantitative estimate of drug-likeness (QED) is 0.344. The highest BCUT2D eigenvalue weighted by Gasteiger charge is 2.52. The van der Waals surface area contributed by atoms with Crippen LogP contribution in [0.5, 0.6) is 0 Å². The monoisotopic (exact) mass is 384 g/mol. The Kier molecular flexibility index (Phi) is 3.21. The number of fused-ring (bicyclic) bond motifs is 6. The van der Waals surface area contributed by atoms with E-state index in [0.717, 1.165) is 49.3 Å². The third-order valence-electron chi connectivity index (χ3n) is 6.53. The summed E-state index contributed by atoms with van der Waals surface area (Å²) in [6.45, 7) is 8.24. The molecule has 0 N–H and O–H groups in total. The first kappa shape index (κ1) is 17.1. The van der Waals surface area contributed by atoms with Crippen molar-refractivity contribution in [2.24, 2.45) is 0 Å². The standard InChI is InChI=1S/C24H21BO4/c1-23(2)24(3,4)29-25(28-23)18-10-7-9-15-17-12-16-14-8-5-6-11-19(14)26-20(16)13-21(17)27-22(15)18/h5-13H,1-4H3. The number of para-hydroxylation sites is 2. The highest BCUT2D eigenvalue weighted by molar-refractivity contribution is 6.65. The van der Waals surface area contributed by atoms with E-state index < -0.39 is 18.3 Å². The van der Waals surface area contributed by atoms with E-state index >= 15 is 0 Å². The highest BCUT2D eigenvalue weighted by Crippen LogP contribution is 2.39. The lowest BCUT2D eigenvalue weighted by Gasteiger charge is -2.32. The van der Waals surface area contributed by atoms with Crippen LogP contribution < -0.4 is 5.46 Å². The minimum Gasteiger partial charge on any atom is -0.456 e. The fourth-order valence-electron chi connectivity index (χ4n) is 4.19. The van der Waals surface area contributed by atoms with Gasteiger partial charge < -0.3 is 18.1 Å². The van der Waals surface area contributed by atoms with Crippen LogP contribution in [-0.2, 0) is 9.31 Å². The van der Waals surface area contributed by atoms with E-state index in [2.05, 4.69) is 45.9 Å². The Labute approximate surface area is 168 Å². The molecule has 3 heterocycles. The number of hydrogen-bond acceptors (Lipinski definition) is 4. The summed E-state index contributed by atoms with van der Waals surface area (Å²) >= 11 is 0. The molecule has 0 amide bonds. The smallest absolute Gasteiger partial charge is 0.456 e. The molecule has 0 bridgehead atoms. The Morgan fingerprint density at radius 1 is 0.621 bits per heavy atom. The third kappa shape index (κ3) is 2.29. The van der Waals surface area contributed by atoms with Gasteiger partial charge >= 0.3 is 7.12 Å². The van der Waals surface area contributed by atoms with Crippen LogP contribution in [-0.4, -0.2) is 18.3 Å². The topological polar surface area (TPSA) is 44.7 Å². The largest absolute Gasteiger partial charge is 0.498 e. The van der Waals surface area contributed by atoms with E-state index in [9.17, 15) is 0 Å². The molecule has 29 heavy (non-hydrogen) atoms. The molecule has 1 fully saturated rings. The van der Waals surface area contributed by atoms with Gasteiger partial charge in [0, 0.05) is 33.1 Å². The zero-order valence-electron chi connectivity index (χ0n) is 16.9. The average Bonchev–Trinajstić information content (AvgIpc) is 3.28. The van der Waals surface area contributed by atoms with Crippen LogP contribution >= 0.6 is 0 Å². The lowest BCUT2D eigenvalue weighted by atomic mass is 9.78. The molecule has 144 valence electrons.